The molecule has 0 bridgehead atoms. The molecule has 3 aromatic rings. The second kappa shape index (κ2) is 8.03. The van der Waals surface area contributed by atoms with Crippen molar-refractivity contribution in [1.29, 1.82) is 0 Å². The third kappa shape index (κ3) is 3.04. The Balaban J connectivity index is 1.75. The van der Waals surface area contributed by atoms with E-state index in [1.54, 1.807) is 26.2 Å². The highest BCUT2D eigenvalue weighted by Gasteiger charge is 2.52. The number of H-pyrrole nitrogens is 1. The van der Waals surface area contributed by atoms with Gasteiger partial charge in [0.1, 0.15) is 12.1 Å². The number of urea groups is 1. The minimum atomic E-state index is -0.556. The van der Waals surface area contributed by atoms with Gasteiger partial charge in [-0.15, -0.1) is 0 Å². The Morgan fingerprint density at radius 2 is 1.73 bits per heavy atom. The summed E-state index contributed by atoms with van der Waals surface area (Å²) in [5.74, 6) is 1.32. The van der Waals surface area contributed by atoms with E-state index in [2.05, 4.69) is 11.1 Å². The van der Waals surface area contributed by atoms with Crippen LogP contribution in [0, 0.1) is 0 Å². The van der Waals surface area contributed by atoms with E-state index in [-0.39, 0.29) is 11.9 Å². The van der Waals surface area contributed by atoms with Crippen molar-refractivity contribution in [1.82, 2.24) is 14.8 Å². The zero-order valence-electron chi connectivity index (χ0n) is 19.2. The smallest absolute Gasteiger partial charge is 0.328 e. The molecule has 0 unspecified atom stereocenters. The molecule has 3 amide bonds. The number of methoxy groups -OCH3 is 3. The van der Waals surface area contributed by atoms with Gasteiger partial charge in [0, 0.05) is 29.6 Å². The van der Waals surface area contributed by atoms with E-state index in [0.717, 1.165) is 27.7 Å². The van der Waals surface area contributed by atoms with E-state index in [1.165, 1.54) is 4.90 Å². The summed E-state index contributed by atoms with van der Waals surface area (Å²) in [5, 5.41) is 1.07. The number of ether oxygens (including phenoxy) is 3. The number of nitrogens with zero attached hydrogens (tertiary/aromatic N) is 2. The van der Waals surface area contributed by atoms with Crippen LogP contribution in [0.25, 0.3) is 10.9 Å². The van der Waals surface area contributed by atoms with Gasteiger partial charge in [0.2, 0.25) is 5.75 Å². The quantitative estimate of drug-likeness (QED) is 0.578. The molecular formula is C25H27N3O5. The predicted octanol–water partition coefficient (Wildman–Crippen LogP) is 3.88. The Bertz CT molecular complexity index is 1230. The monoisotopic (exact) mass is 449 g/mol. The van der Waals surface area contributed by atoms with Crippen LogP contribution < -0.4 is 14.2 Å². The number of carbonyl (C=O) groups excluding carboxylic acids is 2. The first-order valence-electron chi connectivity index (χ1n) is 11.1. The molecule has 5 rings (SSSR count). The second-order valence-corrected chi connectivity index (χ2v) is 8.32. The number of imide groups is 1. The summed E-state index contributed by atoms with van der Waals surface area (Å²) in [4.78, 5) is 33.4. The molecule has 2 aliphatic heterocycles. The molecule has 3 heterocycles. The van der Waals surface area contributed by atoms with Crippen LogP contribution in [0.4, 0.5) is 4.79 Å². The van der Waals surface area contributed by atoms with Crippen LogP contribution >= 0.6 is 0 Å². The number of aromatic nitrogens is 1. The fraction of sp³-hybridized carbons (Fsp3) is 0.360. The summed E-state index contributed by atoms with van der Waals surface area (Å²) in [6, 6.07) is 10.4. The van der Waals surface area contributed by atoms with Crippen molar-refractivity contribution in [2.45, 2.75) is 31.8 Å². The first-order valence-corrected chi connectivity index (χ1v) is 11.1. The van der Waals surface area contributed by atoms with Gasteiger partial charge in [0.05, 0.1) is 21.3 Å². The van der Waals surface area contributed by atoms with E-state index >= 15 is 0 Å². The van der Waals surface area contributed by atoms with Crippen LogP contribution in [0.1, 0.15) is 36.2 Å². The molecule has 172 valence electrons. The summed E-state index contributed by atoms with van der Waals surface area (Å²) >= 11 is 0. The number of amides is 3. The Hall–Kier alpha value is -3.68. The van der Waals surface area contributed by atoms with Gasteiger partial charge in [-0.2, -0.15) is 0 Å². The minimum Gasteiger partial charge on any atom is -0.493 e. The maximum Gasteiger partial charge on any atom is 0.328 e. The normalized spacial score (nSPS) is 19.6. The molecule has 8 heteroatoms. The van der Waals surface area contributed by atoms with Crippen LogP contribution in [0.3, 0.4) is 0 Å². The van der Waals surface area contributed by atoms with Crippen molar-refractivity contribution in [2.75, 3.05) is 27.9 Å². The van der Waals surface area contributed by atoms with Crippen molar-refractivity contribution in [3.63, 3.8) is 0 Å². The van der Waals surface area contributed by atoms with Gasteiger partial charge < -0.3 is 19.2 Å². The lowest BCUT2D eigenvalue weighted by molar-refractivity contribution is -0.128. The van der Waals surface area contributed by atoms with Crippen LogP contribution in [0.2, 0.25) is 0 Å². The number of carbonyl (C=O) groups is 2. The standard InChI is InChI=1S/C25H27N3O5/c1-5-10-27-24(29)18-13-16-15-8-6-7-9-17(15)26-21(16)22(28(18)25(27)30)14-11-19(31-2)23(33-4)20(12-14)32-3/h6-9,11-12,18,22,26H,5,10,13H2,1-4H3/t18-,22-/m0/s1. The first-order chi connectivity index (χ1) is 16.0. The average molecular weight is 450 g/mol. The van der Waals surface area contributed by atoms with E-state index in [1.807, 2.05) is 37.3 Å². The molecule has 2 aromatic carbocycles. The lowest BCUT2D eigenvalue weighted by Gasteiger charge is -2.36. The highest BCUT2D eigenvalue weighted by molar-refractivity contribution is 6.05. The van der Waals surface area contributed by atoms with Gasteiger partial charge in [0.15, 0.2) is 11.5 Å². The Labute approximate surface area is 192 Å². The summed E-state index contributed by atoms with van der Waals surface area (Å²) in [5.41, 5.74) is 3.72. The molecule has 1 N–H and O–H groups in total. The minimum absolute atomic E-state index is 0.143. The summed E-state index contributed by atoms with van der Waals surface area (Å²) < 4.78 is 16.7. The molecule has 0 saturated carbocycles. The third-order valence-electron chi connectivity index (χ3n) is 6.58. The van der Waals surface area contributed by atoms with Gasteiger partial charge in [0.25, 0.3) is 5.91 Å². The first kappa shape index (κ1) is 21.2. The molecule has 1 fully saturated rings. The highest BCUT2D eigenvalue weighted by atomic mass is 16.5. The summed E-state index contributed by atoms with van der Waals surface area (Å²) in [7, 11) is 4.68. The van der Waals surface area contributed by atoms with Gasteiger partial charge in [-0.3, -0.25) is 14.6 Å². The molecule has 8 nitrogen and oxygen atoms in total. The lowest BCUT2D eigenvalue weighted by Crippen LogP contribution is -2.44. The zero-order chi connectivity index (χ0) is 23.3. The fourth-order valence-corrected chi connectivity index (χ4v) is 5.16. The molecule has 1 aromatic heterocycles. The van der Waals surface area contributed by atoms with Crippen LogP contribution in [0.5, 0.6) is 17.2 Å². The maximum absolute atomic E-state index is 13.5. The molecule has 33 heavy (non-hydrogen) atoms. The van der Waals surface area contributed by atoms with Gasteiger partial charge in [-0.25, -0.2) is 4.79 Å². The summed E-state index contributed by atoms with van der Waals surface area (Å²) in [6.07, 6.45) is 1.19. The van der Waals surface area contributed by atoms with Crippen molar-refractivity contribution < 1.29 is 23.8 Å². The predicted molar refractivity (Wildman–Crippen MR) is 123 cm³/mol. The molecule has 2 atom stereocenters. The molecule has 0 radical (unpaired) electrons. The number of aromatic amines is 1. The van der Waals surface area contributed by atoms with Gasteiger partial charge in [-0.1, -0.05) is 25.1 Å². The molecule has 1 saturated heterocycles. The average Bonchev–Trinajstić information content (AvgIpc) is 3.32. The second-order valence-electron chi connectivity index (χ2n) is 8.32. The number of rotatable bonds is 6. The van der Waals surface area contributed by atoms with Crippen LogP contribution in [0.15, 0.2) is 36.4 Å². The van der Waals surface area contributed by atoms with Gasteiger partial charge in [-0.05, 0) is 35.7 Å². The van der Waals surface area contributed by atoms with Gasteiger partial charge >= 0.3 is 6.03 Å². The Morgan fingerprint density at radius 3 is 2.36 bits per heavy atom. The lowest BCUT2D eigenvalue weighted by atomic mass is 9.88. The molecular weight excluding hydrogens is 422 g/mol. The summed E-state index contributed by atoms with van der Waals surface area (Å²) in [6.45, 7) is 2.37. The number of hydrogen-bond acceptors (Lipinski definition) is 5. The third-order valence-corrected chi connectivity index (χ3v) is 6.58. The van der Waals surface area contributed by atoms with E-state index in [0.29, 0.717) is 36.6 Å². The SMILES string of the molecule is CCCN1C(=O)[C@@H]2Cc3c([nH]c4ccccc34)[C@H](c3cc(OC)c(OC)c(OC)c3)N2C1=O. The molecule has 0 spiro atoms. The number of fused-ring (bicyclic) bond motifs is 4. The zero-order valence-corrected chi connectivity index (χ0v) is 19.2. The van der Waals surface area contributed by atoms with E-state index in [4.69, 9.17) is 14.2 Å². The van der Waals surface area contributed by atoms with E-state index < -0.39 is 12.1 Å². The number of hydrogen-bond donors (Lipinski definition) is 1. The largest absolute Gasteiger partial charge is 0.493 e. The maximum atomic E-state index is 13.5. The fourth-order valence-electron chi connectivity index (χ4n) is 5.16. The number of benzene rings is 2. The van der Waals surface area contributed by atoms with Crippen molar-refractivity contribution in [2.24, 2.45) is 0 Å². The highest BCUT2D eigenvalue weighted by Crippen LogP contribution is 2.47. The number of nitrogens with one attached hydrogen (secondary N) is 1. The molecule has 2 aliphatic rings. The van der Waals surface area contributed by atoms with Crippen molar-refractivity contribution >= 4 is 22.8 Å². The Kier molecular flexibility index (Phi) is 5.15. The van der Waals surface area contributed by atoms with Crippen LogP contribution in [-0.4, -0.2) is 60.6 Å². The van der Waals surface area contributed by atoms with Crippen molar-refractivity contribution in [3.8, 4) is 17.2 Å². The van der Waals surface area contributed by atoms with Crippen molar-refractivity contribution in [3.05, 3.63) is 53.2 Å². The topological polar surface area (TPSA) is 84.1 Å². The number of para-hydroxylation sites is 1. The Morgan fingerprint density at radius 1 is 1.03 bits per heavy atom. The van der Waals surface area contributed by atoms with Crippen LogP contribution in [-0.2, 0) is 11.2 Å². The van der Waals surface area contributed by atoms with E-state index in [9.17, 15) is 9.59 Å². The molecule has 0 aliphatic carbocycles.